The molecule has 2 aliphatic rings. The van der Waals surface area contributed by atoms with E-state index in [1.807, 2.05) is 0 Å². The number of nitrogens with one attached hydrogen (secondary N) is 2. The van der Waals surface area contributed by atoms with Crippen LogP contribution >= 0.6 is 0 Å². The van der Waals surface area contributed by atoms with Gasteiger partial charge in [-0.25, -0.2) is 4.79 Å². The Kier molecular flexibility index (Phi) is 6.74. The summed E-state index contributed by atoms with van der Waals surface area (Å²) in [7, 11) is 0. The quantitative estimate of drug-likeness (QED) is 0.520. The highest BCUT2D eigenvalue weighted by atomic mass is 16.4. The number of amides is 2. The van der Waals surface area contributed by atoms with E-state index < -0.39 is 35.8 Å². The van der Waals surface area contributed by atoms with Gasteiger partial charge in [-0.1, -0.05) is 6.42 Å². The standard InChI is InChI=1S/C16H25N3O6/c20-13-9-17-6-2-1-4-10(15(22)23)8-11(16(24)25)18-14(21)12-5-3-7-19(12)13/h10-12,17H,1-9H2,(H,18,21)(H,22,23)(H,24,25)/t10-,11+,12+/m1/s1. The van der Waals surface area contributed by atoms with Crippen molar-refractivity contribution in [3.8, 4) is 0 Å². The first kappa shape index (κ1) is 19.2. The van der Waals surface area contributed by atoms with E-state index in [9.17, 15) is 29.4 Å². The average Bonchev–Trinajstić information content (AvgIpc) is 3.04. The predicted molar refractivity (Wildman–Crippen MR) is 86.8 cm³/mol. The summed E-state index contributed by atoms with van der Waals surface area (Å²) in [5.74, 6) is -3.85. The third-order valence-electron chi connectivity index (χ3n) is 4.79. The monoisotopic (exact) mass is 355 g/mol. The highest BCUT2D eigenvalue weighted by Gasteiger charge is 2.36. The molecule has 4 N–H and O–H groups in total. The molecule has 0 unspecified atom stereocenters. The maximum absolute atomic E-state index is 12.5. The molecule has 0 radical (unpaired) electrons. The first-order valence-corrected chi connectivity index (χ1v) is 8.66. The third kappa shape index (κ3) is 5.15. The van der Waals surface area contributed by atoms with Gasteiger partial charge in [-0.3, -0.25) is 14.4 Å². The van der Waals surface area contributed by atoms with Gasteiger partial charge >= 0.3 is 11.9 Å². The van der Waals surface area contributed by atoms with Crippen molar-refractivity contribution in [2.75, 3.05) is 19.6 Å². The van der Waals surface area contributed by atoms with Crippen LogP contribution in [-0.2, 0) is 19.2 Å². The van der Waals surface area contributed by atoms with Crippen LogP contribution in [-0.4, -0.2) is 70.6 Å². The number of hydrogen-bond acceptors (Lipinski definition) is 5. The maximum Gasteiger partial charge on any atom is 0.326 e. The number of carboxylic acid groups (broad SMARTS) is 2. The van der Waals surface area contributed by atoms with Crippen molar-refractivity contribution in [3.05, 3.63) is 0 Å². The molecular formula is C16H25N3O6. The van der Waals surface area contributed by atoms with Crippen molar-refractivity contribution in [3.63, 3.8) is 0 Å². The molecule has 0 aromatic rings. The summed E-state index contributed by atoms with van der Waals surface area (Å²) in [4.78, 5) is 49.1. The molecule has 0 spiro atoms. The van der Waals surface area contributed by atoms with Crippen LogP contribution in [0.4, 0.5) is 0 Å². The summed E-state index contributed by atoms with van der Waals surface area (Å²) in [5.41, 5.74) is 0. The highest BCUT2D eigenvalue weighted by Crippen LogP contribution is 2.20. The van der Waals surface area contributed by atoms with Crippen LogP contribution in [0, 0.1) is 5.92 Å². The Hall–Kier alpha value is -2.16. The van der Waals surface area contributed by atoms with Gasteiger partial charge in [0.1, 0.15) is 12.1 Å². The van der Waals surface area contributed by atoms with Crippen molar-refractivity contribution in [1.82, 2.24) is 15.5 Å². The van der Waals surface area contributed by atoms with Gasteiger partial charge in [-0.15, -0.1) is 0 Å². The summed E-state index contributed by atoms with van der Waals surface area (Å²) in [6, 6.07) is -1.96. The van der Waals surface area contributed by atoms with E-state index in [1.165, 1.54) is 4.90 Å². The Morgan fingerprint density at radius 3 is 2.48 bits per heavy atom. The molecule has 0 aromatic heterocycles. The Morgan fingerprint density at radius 2 is 1.80 bits per heavy atom. The van der Waals surface area contributed by atoms with Crippen molar-refractivity contribution < 1.29 is 29.4 Å². The average molecular weight is 355 g/mol. The molecule has 2 fully saturated rings. The van der Waals surface area contributed by atoms with Gasteiger partial charge in [0.2, 0.25) is 11.8 Å². The molecule has 2 aliphatic heterocycles. The lowest BCUT2D eigenvalue weighted by molar-refractivity contribution is -0.146. The number of hydrogen-bond donors (Lipinski definition) is 4. The molecule has 0 bridgehead atoms. The van der Waals surface area contributed by atoms with Crippen LogP contribution in [0.2, 0.25) is 0 Å². The summed E-state index contributed by atoms with van der Waals surface area (Å²) in [6.07, 6.45) is 2.63. The molecule has 2 saturated heterocycles. The van der Waals surface area contributed by atoms with Crippen molar-refractivity contribution in [2.24, 2.45) is 5.92 Å². The van der Waals surface area contributed by atoms with Crippen LogP contribution in [0.25, 0.3) is 0 Å². The van der Waals surface area contributed by atoms with Crippen molar-refractivity contribution >= 4 is 23.8 Å². The zero-order chi connectivity index (χ0) is 18.4. The van der Waals surface area contributed by atoms with Crippen LogP contribution in [0.1, 0.15) is 38.5 Å². The van der Waals surface area contributed by atoms with E-state index in [0.717, 1.165) is 0 Å². The Bertz CT molecular complexity index is 538. The first-order chi connectivity index (χ1) is 11.9. The lowest BCUT2D eigenvalue weighted by atomic mass is 9.94. The summed E-state index contributed by atoms with van der Waals surface area (Å²) in [5, 5.41) is 24.1. The third-order valence-corrected chi connectivity index (χ3v) is 4.79. The number of carboxylic acids is 2. The van der Waals surface area contributed by atoms with E-state index in [0.29, 0.717) is 45.2 Å². The molecule has 2 rings (SSSR count). The van der Waals surface area contributed by atoms with Gasteiger partial charge in [0.25, 0.3) is 0 Å². The summed E-state index contributed by atoms with van der Waals surface area (Å²) >= 11 is 0. The van der Waals surface area contributed by atoms with Gasteiger partial charge in [0.15, 0.2) is 0 Å². The largest absolute Gasteiger partial charge is 0.481 e. The fourth-order valence-corrected chi connectivity index (χ4v) is 3.39. The molecule has 9 heteroatoms. The minimum Gasteiger partial charge on any atom is -0.481 e. The van der Waals surface area contributed by atoms with E-state index in [-0.39, 0.29) is 18.9 Å². The van der Waals surface area contributed by atoms with Gasteiger partial charge in [-0.05, 0) is 38.6 Å². The van der Waals surface area contributed by atoms with Crippen molar-refractivity contribution in [1.29, 1.82) is 0 Å². The second kappa shape index (κ2) is 8.80. The molecule has 2 heterocycles. The molecule has 9 nitrogen and oxygen atoms in total. The fraction of sp³-hybridized carbons (Fsp3) is 0.750. The van der Waals surface area contributed by atoms with E-state index in [4.69, 9.17) is 0 Å². The number of carbonyl (C=O) groups is 4. The molecule has 0 aromatic carbocycles. The summed E-state index contributed by atoms with van der Waals surface area (Å²) < 4.78 is 0. The van der Waals surface area contributed by atoms with Crippen molar-refractivity contribution in [2.45, 2.75) is 50.6 Å². The molecule has 2 amide bonds. The molecule has 0 aliphatic carbocycles. The number of rotatable bonds is 2. The molecule has 3 atom stereocenters. The lowest BCUT2D eigenvalue weighted by Gasteiger charge is -2.27. The van der Waals surface area contributed by atoms with Crippen LogP contribution in [0.3, 0.4) is 0 Å². The number of carbonyl (C=O) groups excluding carboxylic acids is 2. The van der Waals surface area contributed by atoms with Crippen LogP contribution < -0.4 is 10.6 Å². The zero-order valence-electron chi connectivity index (χ0n) is 14.1. The van der Waals surface area contributed by atoms with E-state index >= 15 is 0 Å². The minimum atomic E-state index is -1.27. The normalized spacial score (nSPS) is 29.4. The fourth-order valence-electron chi connectivity index (χ4n) is 3.39. The smallest absolute Gasteiger partial charge is 0.326 e. The van der Waals surface area contributed by atoms with E-state index in [1.54, 1.807) is 0 Å². The summed E-state index contributed by atoms with van der Waals surface area (Å²) in [6.45, 7) is 1.16. The molecular weight excluding hydrogens is 330 g/mol. The molecule has 25 heavy (non-hydrogen) atoms. The lowest BCUT2D eigenvalue weighted by Crippen LogP contribution is -2.52. The number of fused-ring (bicyclic) bond motifs is 1. The Balaban J connectivity index is 2.17. The maximum atomic E-state index is 12.5. The van der Waals surface area contributed by atoms with Gasteiger partial charge in [0.05, 0.1) is 12.5 Å². The SMILES string of the molecule is O=C(O)[C@@H]1CCCCNCC(=O)N2CCC[C@H]2C(=O)N[C@H](C(=O)O)C1. The van der Waals surface area contributed by atoms with Gasteiger partial charge in [0, 0.05) is 6.54 Å². The second-order valence-electron chi connectivity index (χ2n) is 6.59. The van der Waals surface area contributed by atoms with Crippen LogP contribution in [0.5, 0.6) is 0 Å². The van der Waals surface area contributed by atoms with Gasteiger partial charge < -0.3 is 25.7 Å². The predicted octanol–water partition coefficient (Wildman–Crippen LogP) is -0.589. The Morgan fingerprint density at radius 1 is 1.04 bits per heavy atom. The second-order valence-corrected chi connectivity index (χ2v) is 6.59. The number of nitrogens with zero attached hydrogens (tertiary/aromatic N) is 1. The zero-order valence-corrected chi connectivity index (χ0v) is 14.1. The minimum absolute atomic E-state index is 0.120. The first-order valence-electron chi connectivity index (χ1n) is 8.66. The molecule has 0 saturated carbocycles. The number of aliphatic carboxylic acids is 2. The van der Waals surface area contributed by atoms with Gasteiger partial charge in [-0.2, -0.15) is 0 Å². The Labute approximate surface area is 145 Å². The van der Waals surface area contributed by atoms with Crippen LogP contribution in [0.15, 0.2) is 0 Å². The highest BCUT2D eigenvalue weighted by molar-refractivity contribution is 5.91. The molecule has 140 valence electrons. The topological polar surface area (TPSA) is 136 Å². The van der Waals surface area contributed by atoms with E-state index in [2.05, 4.69) is 10.6 Å².